The van der Waals surface area contributed by atoms with Gasteiger partial charge in [-0.1, -0.05) is 50.4 Å². The van der Waals surface area contributed by atoms with E-state index in [9.17, 15) is 0 Å². The van der Waals surface area contributed by atoms with E-state index in [1.807, 2.05) is 51.1 Å². The zero-order valence-corrected chi connectivity index (χ0v) is 16.6. The van der Waals surface area contributed by atoms with Crippen LogP contribution in [-0.4, -0.2) is 0 Å². The molecule has 0 aromatic carbocycles. The van der Waals surface area contributed by atoms with Crippen molar-refractivity contribution in [3.63, 3.8) is 0 Å². The summed E-state index contributed by atoms with van der Waals surface area (Å²) in [4.78, 5) is 2.65. The summed E-state index contributed by atoms with van der Waals surface area (Å²) in [6, 6.07) is 3.90. The molecule has 0 saturated carbocycles. The van der Waals surface area contributed by atoms with Crippen LogP contribution in [0.5, 0.6) is 0 Å². The van der Waals surface area contributed by atoms with Crippen molar-refractivity contribution in [3.8, 4) is 12.1 Å². The summed E-state index contributed by atoms with van der Waals surface area (Å²) in [6.45, 7) is 10.3. The summed E-state index contributed by atoms with van der Waals surface area (Å²) in [5, 5.41) is 18.3. The van der Waals surface area contributed by atoms with Crippen LogP contribution in [0.25, 0.3) is 0 Å². The van der Waals surface area contributed by atoms with Crippen molar-refractivity contribution in [2.75, 3.05) is 0 Å². The Hall–Kier alpha value is -2.08. The average Bonchev–Trinajstić information content (AvgIpc) is 2.86. The van der Waals surface area contributed by atoms with Crippen molar-refractivity contribution in [2.45, 2.75) is 34.6 Å². The molecule has 0 atom stereocenters. The van der Waals surface area contributed by atoms with Gasteiger partial charge in [0.25, 0.3) is 0 Å². The third kappa shape index (κ3) is 4.95. The number of thioether (sulfide) groups is 2. The summed E-state index contributed by atoms with van der Waals surface area (Å²) in [7, 11) is 0. The highest BCUT2D eigenvalue weighted by Gasteiger charge is 2.24. The Balaban J connectivity index is 2.28. The normalized spacial score (nSPS) is 17.7. The van der Waals surface area contributed by atoms with Crippen molar-refractivity contribution < 1.29 is 4.74 Å². The lowest BCUT2D eigenvalue weighted by atomic mass is 9.90. The maximum atomic E-state index is 9.16. The molecule has 0 amide bonds. The van der Waals surface area contributed by atoms with Gasteiger partial charge in [-0.2, -0.15) is 10.5 Å². The van der Waals surface area contributed by atoms with Crippen LogP contribution in [-0.2, 0) is 4.74 Å². The molecule has 0 fully saturated rings. The minimum Gasteiger partial charge on any atom is -0.461 e. The Morgan fingerprint density at radius 3 is 2.20 bits per heavy atom. The van der Waals surface area contributed by atoms with Gasteiger partial charge < -0.3 is 4.74 Å². The Morgan fingerprint density at radius 2 is 1.68 bits per heavy atom. The van der Waals surface area contributed by atoms with Gasteiger partial charge in [0, 0.05) is 15.2 Å². The van der Waals surface area contributed by atoms with Crippen LogP contribution in [0.3, 0.4) is 0 Å². The van der Waals surface area contributed by atoms with E-state index < -0.39 is 0 Å². The monoisotopic (exact) mass is 368 g/mol. The third-order valence-electron chi connectivity index (χ3n) is 3.56. The van der Waals surface area contributed by atoms with Crippen molar-refractivity contribution in [3.05, 3.63) is 67.1 Å². The number of hydrogen-bond donors (Lipinski definition) is 0. The second-order valence-electron chi connectivity index (χ2n) is 6.62. The molecule has 2 heterocycles. The van der Waals surface area contributed by atoms with Crippen LogP contribution >= 0.6 is 23.5 Å². The lowest BCUT2D eigenvalue weighted by Crippen LogP contribution is -2.15. The topological polar surface area (TPSA) is 56.8 Å². The predicted octanol–water partition coefficient (Wildman–Crippen LogP) is 6.30. The molecular formula is C20H20N2OS2. The molecule has 2 aliphatic rings. The molecule has 0 N–H and O–H groups in total. The molecule has 25 heavy (non-hydrogen) atoms. The lowest BCUT2D eigenvalue weighted by Gasteiger charge is -2.26. The van der Waals surface area contributed by atoms with E-state index in [1.165, 1.54) is 14.0 Å². The Bertz CT molecular complexity index is 816. The van der Waals surface area contributed by atoms with Crippen LogP contribution in [0.4, 0.5) is 0 Å². The van der Waals surface area contributed by atoms with Gasteiger partial charge in [0.05, 0.1) is 0 Å². The Morgan fingerprint density at radius 1 is 1.08 bits per heavy atom. The molecular weight excluding hydrogens is 348 g/mol. The van der Waals surface area contributed by atoms with E-state index in [4.69, 9.17) is 15.3 Å². The number of hydrogen-bond acceptors (Lipinski definition) is 5. The Labute approximate surface area is 158 Å². The number of ether oxygens (including phenoxy) is 1. The summed E-state index contributed by atoms with van der Waals surface area (Å²) in [5.74, 6) is 1.36. The lowest BCUT2D eigenvalue weighted by molar-refractivity contribution is 0.223. The summed E-state index contributed by atoms with van der Waals surface area (Å²) >= 11 is 3.53. The van der Waals surface area contributed by atoms with Gasteiger partial charge in [0.2, 0.25) is 0 Å². The molecule has 0 spiro atoms. The second kappa shape index (κ2) is 7.87. The Kier molecular flexibility index (Phi) is 6.06. The van der Waals surface area contributed by atoms with Gasteiger partial charge >= 0.3 is 0 Å². The van der Waals surface area contributed by atoms with Gasteiger partial charge in [-0.15, -0.1) is 0 Å². The molecule has 3 nitrogen and oxygen atoms in total. The zero-order chi connectivity index (χ0) is 18.6. The van der Waals surface area contributed by atoms with Gasteiger partial charge in [0.15, 0.2) is 0 Å². The fraction of sp³-hybridized carbons (Fsp3) is 0.300. The molecule has 0 aromatic rings. The number of nitrogens with zero attached hydrogens (tertiary/aromatic N) is 2. The average molecular weight is 369 g/mol. The first-order valence-corrected chi connectivity index (χ1v) is 9.45. The third-order valence-corrected chi connectivity index (χ3v) is 6.09. The van der Waals surface area contributed by atoms with E-state index in [2.05, 4.69) is 13.8 Å². The van der Waals surface area contributed by atoms with Gasteiger partial charge in [-0.3, -0.25) is 0 Å². The van der Waals surface area contributed by atoms with Crippen LogP contribution in [0.1, 0.15) is 34.6 Å². The van der Waals surface area contributed by atoms with Crippen LogP contribution < -0.4 is 0 Å². The first kappa shape index (κ1) is 19.2. The molecule has 0 saturated heterocycles. The maximum Gasteiger partial charge on any atom is 0.137 e. The largest absolute Gasteiger partial charge is 0.461 e. The summed E-state index contributed by atoms with van der Waals surface area (Å²) < 4.78 is 7.18. The van der Waals surface area contributed by atoms with E-state index in [-0.39, 0.29) is 11.0 Å². The molecule has 0 aromatic heterocycles. The smallest absolute Gasteiger partial charge is 0.137 e. The first-order chi connectivity index (χ1) is 11.7. The molecule has 2 rings (SSSR count). The fourth-order valence-electron chi connectivity index (χ4n) is 2.03. The van der Waals surface area contributed by atoms with Crippen molar-refractivity contribution >= 4 is 23.5 Å². The van der Waals surface area contributed by atoms with E-state index in [1.54, 1.807) is 35.7 Å². The predicted molar refractivity (Wildman–Crippen MR) is 106 cm³/mol. The molecule has 5 heteroatoms. The van der Waals surface area contributed by atoms with Gasteiger partial charge in [0.1, 0.15) is 29.2 Å². The van der Waals surface area contributed by atoms with Gasteiger partial charge in [-0.05, 0) is 48.0 Å². The summed E-state index contributed by atoms with van der Waals surface area (Å²) in [6.07, 6.45) is 9.36. The number of nitriles is 2. The fourth-order valence-corrected chi connectivity index (χ4v) is 4.38. The van der Waals surface area contributed by atoms with Crippen molar-refractivity contribution in [2.24, 2.45) is 5.41 Å². The second-order valence-corrected chi connectivity index (χ2v) is 9.39. The highest BCUT2D eigenvalue weighted by Crippen LogP contribution is 2.48. The van der Waals surface area contributed by atoms with E-state index in [0.29, 0.717) is 11.3 Å². The minimum atomic E-state index is -0.220. The molecule has 0 aliphatic carbocycles. The van der Waals surface area contributed by atoms with Crippen LogP contribution in [0.15, 0.2) is 67.1 Å². The maximum absolute atomic E-state index is 9.16. The van der Waals surface area contributed by atoms with Crippen molar-refractivity contribution in [1.82, 2.24) is 0 Å². The molecule has 2 aliphatic heterocycles. The minimum absolute atomic E-state index is 0.0895. The highest BCUT2D eigenvalue weighted by atomic mass is 32.2. The van der Waals surface area contributed by atoms with E-state index in [0.717, 1.165) is 5.76 Å². The summed E-state index contributed by atoms with van der Waals surface area (Å²) in [5.41, 5.74) is 0.459. The number of allylic oxidation sites excluding steroid dienone is 10. The van der Waals surface area contributed by atoms with E-state index >= 15 is 0 Å². The van der Waals surface area contributed by atoms with Crippen molar-refractivity contribution in [1.29, 1.82) is 10.5 Å². The molecule has 128 valence electrons. The zero-order valence-electron chi connectivity index (χ0n) is 15.0. The molecule has 0 unspecified atom stereocenters. The number of rotatable bonds is 2. The first-order valence-electron chi connectivity index (χ1n) is 7.82. The molecule has 0 bridgehead atoms. The standard InChI is InChI=1S/C20H20N2OS2/c1-13-14(2)25-19(24-13)8-6-7-17-9-15(16(11-21)12-22)10-18(23-17)20(3,4)5/h6-10H,1-5H3/b7-6+. The van der Waals surface area contributed by atoms with Crippen LogP contribution in [0.2, 0.25) is 0 Å². The quantitative estimate of drug-likeness (QED) is 0.535. The highest BCUT2D eigenvalue weighted by molar-refractivity contribution is 8.28. The van der Waals surface area contributed by atoms with Gasteiger partial charge in [-0.25, -0.2) is 0 Å². The SMILES string of the molecule is CC1=C(C)SC(=C/C=C/C2=CC(=C(C#N)C#N)C=C(C(C)(C)C)O2)S1. The van der Waals surface area contributed by atoms with Crippen LogP contribution in [0, 0.1) is 28.1 Å². The molecule has 0 radical (unpaired) electrons.